The summed E-state index contributed by atoms with van der Waals surface area (Å²) in [5.41, 5.74) is 1.99. The first-order valence-electron chi connectivity index (χ1n) is 9.49. The van der Waals surface area contributed by atoms with Gasteiger partial charge in [-0.1, -0.05) is 23.2 Å². The zero-order chi connectivity index (χ0) is 21.2. The number of hydrogen-bond donors (Lipinski definition) is 0. The van der Waals surface area contributed by atoms with Crippen molar-refractivity contribution in [3.05, 3.63) is 44.7 Å². The van der Waals surface area contributed by atoms with Gasteiger partial charge in [0.15, 0.2) is 0 Å². The second-order valence-corrected chi connectivity index (χ2v) is 9.69. The maximum Gasteiger partial charge on any atom is 0.372 e. The zero-order valence-electron chi connectivity index (χ0n) is 16.2. The maximum absolute atomic E-state index is 12.8. The largest absolute Gasteiger partial charge is 0.372 e. The van der Waals surface area contributed by atoms with Gasteiger partial charge < -0.3 is 9.05 Å². The molecule has 1 aromatic rings. The van der Waals surface area contributed by atoms with Crippen LogP contribution in [0.5, 0.6) is 0 Å². The Morgan fingerprint density at radius 2 is 1.66 bits per heavy atom. The number of carbonyl (C=O) groups is 2. The second-order valence-electron chi connectivity index (χ2n) is 6.62. The van der Waals surface area contributed by atoms with Gasteiger partial charge in [-0.25, -0.2) is 4.90 Å². The van der Waals surface area contributed by atoms with Gasteiger partial charge in [0.25, 0.3) is 11.8 Å². The summed E-state index contributed by atoms with van der Waals surface area (Å²) in [7, 11) is -3.67. The van der Waals surface area contributed by atoms with Crippen molar-refractivity contribution in [2.24, 2.45) is 0 Å². The van der Waals surface area contributed by atoms with Gasteiger partial charge in [-0.2, -0.15) is 0 Å². The molecule has 2 amide bonds. The molecule has 156 valence electrons. The van der Waals surface area contributed by atoms with Gasteiger partial charge in [-0.15, -0.1) is 0 Å². The Morgan fingerprint density at radius 3 is 2.17 bits per heavy atom. The van der Waals surface area contributed by atoms with Crippen LogP contribution in [0.1, 0.15) is 45.1 Å². The van der Waals surface area contributed by atoms with E-state index in [-0.39, 0.29) is 29.8 Å². The minimum Gasteiger partial charge on any atom is -0.305 e. The van der Waals surface area contributed by atoms with Gasteiger partial charge in [0, 0.05) is 16.2 Å². The summed E-state index contributed by atoms with van der Waals surface area (Å²) in [6.45, 7) is 3.68. The molecule has 29 heavy (non-hydrogen) atoms. The lowest BCUT2D eigenvalue weighted by atomic mass is 9.93. The molecule has 2 aliphatic rings. The fraction of sp³-hybridized carbons (Fsp3) is 0.400. The molecule has 0 bridgehead atoms. The van der Waals surface area contributed by atoms with E-state index in [1.165, 1.54) is 11.0 Å². The van der Waals surface area contributed by atoms with Crippen LogP contribution in [0.4, 0.5) is 5.69 Å². The molecule has 1 heterocycles. The molecule has 0 saturated heterocycles. The van der Waals surface area contributed by atoms with Gasteiger partial charge in [0.05, 0.1) is 18.9 Å². The number of benzene rings is 1. The van der Waals surface area contributed by atoms with E-state index in [1.54, 1.807) is 32.0 Å². The van der Waals surface area contributed by atoms with E-state index in [1.807, 2.05) is 0 Å². The summed E-state index contributed by atoms with van der Waals surface area (Å²) >= 11 is 12.5. The highest BCUT2D eigenvalue weighted by atomic mass is 35.5. The number of halogens is 2. The third kappa shape index (κ3) is 4.37. The van der Waals surface area contributed by atoms with Crippen LogP contribution in [-0.4, -0.2) is 25.0 Å². The molecule has 0 spiro atoms. The molecule has 1 aliphatic heterocycles. The van der Waals surface area contributed by atoms with Crippen molar-refractivity contribution in [1.29, 1.82) is 0 Å². The van der Waals surface area contributed by atoms with Crippen molar-refractivity contribution < 1.29 is 23.2 Å². The van der Waals surface area contributed by atoms with E-state index >= 15 is 0 Å². The molecular weight excluding hydrogens is 436 g/mol. The molecule has 1 aliphatic carbocycles. The van der Waals surface area contributed by atoms with Gasteiger partial charge >= 0.3 is 7.60 Å². The van der Waals surface area contributed by atoms with Crippen LogP contribution in [0.25, 0.3) is 6.08 Å². The molecule has 0 unspecified atom stereocenters. The van der Waals surface area contributed by atoms with E-state index in [0.29, 0.717) is 40.3 Å². The lowest BCUT2D eigenvalue weighted by molar-refractivity contribution is -0.120. The maximum atomic E-state index is 12.8. The third-order valence-electron chi connectivity index (χ3n) is 4.76. The molecule has 6 nitrogen and oxygen atoms in total. The molecule has 1 aromatic carbocycles. The predicted molar refractivity (Wildman–Crippen MR) is 114 cm³/mol. The first kappa shape index (κ1) is 22.3. The summed E-state index contributed by atoms with van der Waals surface area (Å²) in [5, 5.41) is 0.322. The van der Waals surface area contributed by atoms with E-state index in [4.69, 9.17) is 32.2 Å². The second kappa shape index (κ2) is 9.15. The minimum absolute atomic E-state index is 0.128. The Kier molecular flexibility index (Phi) is 7.02. The number of hydrogen-bond acceptors (Lipinski definition) is 5. The molecule has 0 saturated carbocycles. The standard InChI is InChI=1S/C20H22Cl2NO5P/c1-3-27-29(26,28-4-2)18(22)12-13-11-14(9-10-17(13)21)23-19(24)15-7-5-6-8-16(15)20(23)25/h9-12H,3-8H2,1-2H3. The van der Waals surface area contributed by atoms with Crippen LogP contribution in [-0.2, 0) is 23.2 Å². The molecule has 0 radical (unpaired) electrons. The van der Waals surface area contributed by atoms with Crippen LogP contribution >= 0.6 is 30.8 Å². The fourth-order valence-corrected chi connectivity index (χ4v) is 5.34. The molecule has 0 fully saturated rings. The van der Waals surface area contributed by atoms with E-state index in [2.05, 4.69) is 0 Å². The summed E-state index contributed by atoms with van der Waals surface area (Å²) in [6.07, 6.45) is 4.43. The van der Waals surface area contributed by atoms with Crippen molar-refractivity contribution in [3.63, 3.8) is 0 Å². The highest BCUT2D eigenvalue weighted by Crippen LogP contribution is 2.58. The third-order valence-corrected chi connectivity index (χ3v) is 7.69. The number of anilines is 1. The summed E-state index contributed by atoms with van der Waals surface area (Å²) < 4.78 is 23.2. The molecular formula is C20H22Cl2NO5P. The molecule has 0 N–H and O–H groups in total. The average Bonchev–Trinajstić information content (AvgIpc) is 2.95. The van der Waals surface area contributed by atoms with E-state index in [0.717, 1.165) is 12.8 Å². The number of amides is 2. The Hall–Kier alpha value is -1.43. The Labute approximate surface area is 180 Å². The van der Waals surface area contributed by atoms with Crippen LogP contribution < -0.4 is 4.90 Å². The summed E-state index contributed by atoms with van der Waals surface area (Å²) in [6, 6.07) is 4.74. The van der Waals surface area contributed by atoms with Gasteiger partial charge in [-0.3, -0.25) is 14.2 Å². The summed E-state index contributed by atoms with van der Waals surface area (Å²) in [5.74, 6) is -0.579. The molecule has 0 aromatic heterocycles. The lowest BCUT2D eigenvalue weighted by Crippen LogP contribution is -2.31. The Bertz CT molecular complexity index is 918. The van der Waals surface area contributed by atoms with Crippen LogP contribution in [0.3, 0.4) is 0 Å². The van der Waals surface area contributed by atoms with Crippen molar-refractivity contribution in [1.82, 2.24) is 0 Å². The number of imide groups is 1. The molecule has 9 heteroatoms. The van der Waals surface area contributed by atoms with Crippen molar-refractivity contribution in [2.45, 2.75) is 39.5 Å². The number of rotatable bonds is 7. The minimum atomic E-state index is -3.67. The quantitative estimate of drug-likeness (QED) is 0.377. The van der Waals surface area contributed by atoms with E-state index in [9.17, 15) is 14.2 Å². The van der Waals surface area contributed by atoms with Gasteiger partial charge in [0.1, 0.15) is 4.77 Å². The highest BCUT2D eigenvalue weighted by Gasteiger charge is 2.39. The fourth-order valence-electron chi connectivity index (χ4n) is 3.46. The van der Waals surface area contributed by atoms with Crippen molar-refractivity contribution in [3.8, 4) is 0 Å². The first-order valence-corrected chi connectivity index (χ1v) is 11.8. The van der Waals surface area contributed by atoms with E-state index < -0.39 is 7.60 Å². The van der Waals surface area contributed by atoms with Gasteiger partial charge in [0.2, 0.25) is 0 Å². The SMILES string of the molecule is CCOP(=O)(OCC)C(Cl)=Cc1cc(N2C(=O)C3=C(CCCC3)C2=O)ccc1Cl. The monoisotopic (exact) mass is 457 g/mol. The summed E-state index contributed by atoms with van der Waals surface area (Å²) in [4.78, 5) is 26.7. The number of carbonyl (C=O) groups excluding carboxylic acids is 2. The Balaban J connectivity index is 1.96. The highest BCUT2D eigenvalue weighted by molar-refractivity contribution is 7.61. The normalized spacial score (nSPS) is 17.9. The van der Waals surface area contributed by atoms with Crippen molar-refractivity contribution in [2.75, 3.05) is 18.1 Å². The van der Waals surface area contributed by atoms with Crippen LogP contribution in [0.2, 0.25) is 5.02 Å². The van der Waals surface area contributed by atoms with Crippen LogP contribution in [0, 0.1) is 0 Å². The van der Waals surface area contributed by atoms with Crippen molar-refractivity contribution >= 4 is 54.4 Å². The average molecular weight is 458 g/mol. The molecule has 0 atom stereocenters. The van der Waals surface area contributed by atoms with Gasteiger partial charge in [-0.05, 0) is 69.4 Å². The molecule has 3 rings (SSSR count). The zero-order valence-corrected chi connectivity index (χ0v) is 18.6. The Morgan fingerprint density at radius 1 is 1.10 bits per heavy atom. The predicted octanol–water partition coefficient (Wildman–Crippen LogP) is 5.89. The smallest absolute Gasteiger partial charge is 0.305 e. The lowest BCUT2D eigenvalue weighted by Gasteiger charge is -2.18. The number of nitrogens with zero attached hydrogens (tertiary/aromatic N) is 1. The first-order chi connectivity index (χ1) is 13.8. The topological polar surface area (TPSA) is 72.9 Å². The van der Waals surface area contributed by atoms with Crippen LogP contribution in [0.15, 0.2) is 34.1 Å².